The van der Waals surface area contributed by atoms with Crippen LogP contribution >= 0.6 is 11.6 Å². The molecule has 2 rings (SSSR count). The molecule has 0 amide bonds. The van der Waals surface area contributed by atoms with Gasteiger partial charge in [0.1, 0.15) is 0 Å². The Morgan fingerprint density at radius 3 is 2.71 bits per heavy atom. The van der Waals surface area contributed by atoms with E-state index < -0.39 is 0 Å². The van der Waals surface area contributed by atoms with E-state index in [0.29, 0.717) is 12.1 Å². The van der Waals surface area contributed by atoms with Crippen molar-refractivity contribution in [1.82, 2.24) is 10.3 Å². The SMILES string of the molecule is COC(=O)c1ccc(CNC(C)c2ccccc2Cl)nc1. The van der Waals surface area contributed by atoms with E-state index in [2.05, 4.69) is 15.0 Å². The molecule has 0 aliphatic rings. The number of esters is 1. The molecule has 0 bridgehead atoms. The molecular formula is C16H17ClN2O2. The number of hydrogen-bond acceptors (Lipinski definition) is 4. The molecule has 21 heavy (non-hydrogen) atoms. The van der Waals surface area contributed by atoms with Gasteiger partial charge in [-0.2, -0.15) is 0 Å². The van der Waals surface area contributed by atoms with Crippen LogP contribution in [0.15, 0.2) is 42.6 Å². The van der Waals surface area contributed by atoms with Crippen LogP contribution < -0.4 is 5.32 Å². The van der Waals surface area contributed by atoms with Gasteiger partial charge >= 0.3 is 5.97 Å². The maximum absolute atomic E-state index is 11.3. The summed E-state index contributed by atoms with van der Waals surface area (Å²) >= 11 is 6.17. The Morgan fingerprint density at radius 2 is 2.10 bits per heavy atom. The van der Waals surface area contributed by atoms with Gasteiger partial charge in [0, 0.05) is 23.8 Å². The van der Waals surface area contributed by atoms with E-state index in [1.807, 2.05) is 31.2 Å². The molecule has 1 N–H and O–H groups in total. The average Bonchev–Trinajstić information content (AvgIpc) is 2.52. The fraction of sp³-hybridized carbons (Fsp3) is 0.250. The van der Waals surface area contributed by atoms with Crippen LogP contribution in [0.25, 0.3) is 0 Å². The minimum atomic E-state index is -0.383. The van der Waals surface area contributed by atoms with Crippen molar-refractivity contribution in [3.8, 4) is 0 Å². The number of methoxy groups -OCH3 is 1. The van der Waals surface area contributed by atoms with Crippen LogP contribution in [0.2, 0.25) is 5.02 Å². The number of pyridine rings is 1. The Kier molecular flexibility index (Phi) is 5.31. The molecule has 1 atom stereocenters. The summed E-state index contributed by atoms with van der Waals surface area (Å²) in [6, 6.07) is 11.4. The number of rotatable bonds is 5. The van der Waals surface area contributed by atoms with E-state index in [1.165, 1.54) is 13.3 Å². The second kappa shape index (κ2) is 7.20. The number of carbonyl (C=O) groups is 1. The molecule has 1 unspecified atom stereocenters. The van der Waals surface area contributed by atoms with Crippen molar-refractivity contribution in [2.45, 2.75) is 19.5 Å². The normalized spacial score (nSPS) is 12.0. The third-order valence-electron chi connectivity index (χ3n) is 3.21. The Labute approximate surface area is 129 Å². The topological polar surface area (TPSA) is 51.2 Å². The highest BCUT2D eigenvalue weighted by molar-refractivity contribution is 6.31. The molecular weight excluding hydrogens is 288 g/mol. The lowest BCUT2D eigenvalue weighted by Crippen LogP contribution is -2.19. The molecule has 0 aliphatic heterocycles. The predicted molar refractivity (Wildman–Crippen MR) is 82.3 cm³/mol. The maximum atomic E-state index is 11.3. The Morgan fingerprint density at radius 1 is 1.33 bits per heavy atom. The standard InChI is InChI=1S/C16H17ClN2O2/c1-11(14-5-3-4-6-15(14)17)18-10-13-8-7-12(9-19-13)16(20)21-2/h3-9,11,18H,10H2,1-2H3. The van der Waals surface area contributed by atoms with Gasteiger partial charge in [-0.25, -0.2) is 4.79 Å². The summed E-state index contributed by atoms with van der Waals surface area (Å²) < 4.78 is 4.64. The third-order valence-corrected chi connectivity index (χ3v) is 3.55. The van der Waals surface area contributed by atoms with Crippen LogP contribution in [0.5, 0.6) is 0 Å². The molecule has 2 aromatic rings. The van der Waals surface area contributed by atoms with Gasteiger partial charge in [-0.1, -0.05) is 29.8 Å². The summed E-state index contributed by atoms with van der Waals surface area (Å²) in [4.78, 5) is 15.6. The summed E-state index contributed by atoms with van der Waals surface area (Å²) in [6.45, 7) is 2.64. The summed E-state index contributed by atoms with van der Waals surface area (Å²) in [5.74, 6) is -0.383. The molecule has 0 radical (unpaired) electrons. The average molecular weight is 305 g/mol. The van der Waals surface area contributed by atoms with Crippen LogP contribution in [0.3, 0.4) is 0 Å². The van der Waals surface area contributed by atoms with Gasteiger partial charge in [0.15, 0.2) is 0 Å². The largest absolute Gasteiger partial charge is 0.465 e. The Balaban J connectivity index is 1.97. The zero-order valence-corrected chi connectivity index (χ0v) is 12.7. The smallest absolute Gasteiger partial charge is 0.339 e. The van der Waals surface area contributed by atoms with Crippen molar-refractivity contribution in [3.63, 3.8) is 0 Å². The summed E-state index contributed by atoms with van der Waals surface area (Å²) in [7, 11) is 1.35. The lowest BCUT2D eigenvalue weighted by molar-refractivity contribution is 0.0600. The number of ether oxygens (including phenoxy) is 1. The monoisotopic (exact) mass is 304 g/mol. The summed E-state index contributed by atoms with van der Waals surface area (Å²) in [5.41, 5.74) is 2.34. The molecule has 1 aromatic heterocycles. The number of aromatic nitrogens is 1. The van der Waals surface area contributed by atoms with Crippen molar-refractivity contribution in [1.29, 1.82) is 0 Å². The van der Waals surface area contributed by atoms with Crippen LogP contribution in [-0.2, 0) is 11.3 Å². The van der Waals surface area contributed by atoms with Crippen molar-refractivity contribution >= 4 is 17.6 Å². The number of halogens is 1. The number of hydrogen-bond donors (Lipinski definition) is 1. The first-order valence-electron chi connectivity index (χ1n) is 6.63. The predicted octanol–water partition coefficient (Wildman–Crippen LogP) is 3.37. The van der Waals surface area contributed by atoms with E-state index in [-0.39, 0.29) is 12.0 Å². The summed E-state index contributed by atoms with van der Waals surface area (Å²) in [6.07, 6.45) is 1.52. The van der Waals surface area contributed by atoms with Gasteiger partial charge in [-0.15, -0.1) is 0 Å². The Bertz CT molecular complexity index is 614. The molecule has 4 nitrogen and oxygen atoms in total. The fourth-order valence-corrected chi connectivity index (χ4v) is 2.26. The first kappa shape index (κ1) is 15.5. The number of nitrogens with one attached hydrogen (secondary N) is 1. The van der Waals surface area contributed by atoms with Crippen molar-refractivity contribution in [2.24, 2.45) is 0 Å². The fourth-order valence-electron chi connectivity index (χ4n) is 1.96. The molecule has 0 saturated carbocycles. The highest BCUT2D eigenvalue weighted by atomic mass is 35.5. The molecule has 5 heteroatoms. The number of nitrogens with zero attached hydrogens (tertiary/aromatic N) is 1. The lowest BCUT2D eigenvalue weighted by atomic mass is 10.1. The van der Waals surface area contributed by atoms with Gasteiger partial charge in [0.05, 0.1) is 18.4 Å². The van der Waals surface area contributed by atoms with Crippen LogP contribution in [0.1, 0.15) is 34.6 Å². The second-order valence-corrected chi connectivity index (χ2v) is 5.06. The van der Waals surface area contributed by atoms with E-state index in [4.69, 9.17) is 11.6 Å². The molecule has 1 aromatic carbocycles. The van der Waals surface area contributed by atoms with Crippen LogP contribution in [0, 0.1) is 0 Å². The van der Waals surface area contributed by atoms with Gasteiger partial charge < -0.3 is 10.1 Å². The molecule has 0 saturated heterocycles. The minimum Gasteiger partial charge on any atom is -0.465 e. The second-order valence-electron chi connectivity index (χ2n) is 4.65. The zero-order valence-electron chi connectivity index (χ0n) is 12.0. The van der Waals surface area contributed by atoms with Gasteiger partial charge in [0.25, 0.3) is 0 Å². The van der Waals surface area contributed by atoms with E-state index >= 15 is 0 Å². The third kappa shape index (κ3) is 4.03. The van der Waals surface area contributed by atoms with Crippen LogP contribution in [0.4, 0.5) is 0 Å². The van der Waals surface area contributed by atoms with Gasteiger partial charge in [0.2, 0.25) is 0 Å². The molecule has 0 fully saturated rings. The quantitative estimate of drug-likeness (QED) is 0.861. The minimum absolute atomic E-state index is 0.112. The molecule has 110 valence electrons. The first-order chi connectivity index (χ1) is 10.1. The number of benzene rings is 1. The zero-order chi connectivity index (χ0) is 15.2. The molecule has 0 spiro atoms. The van der Waals surface area contributed by atoms with E-state index in [0.717, 1.165) is 16.3 Å². The van der Waals surface area contributed by atoms with E-state index in [9.17, 15) is 4.79 Å². The number of carbonyl (C=O) groups excluding carboxylic acids is 1. The lowest BCUT2D eigenvalue weighted by Gasteiger charge is -2.15. The highest BCUT2D eigenvalue weighted by Crippen LogP contribution is 2.22. The molecule has 0 aliphatic carbocycles. The van der Waals surface area contributed by atoms with Gasteiger partial charge in [-0.3, -0.25) is 4.98 Å². The van der Waals surface area contributed by atoms with E-state index in [1.54, 1.807) is 12.1 Å². The highest BCUT2D eigenvalue weighted by Gasteiger charge is 2.09. The molecule has 1 heterocycles. The first-order valence-corrected chi connectivity index (χ1v) is 7.00. The van der Waals surface area contributed by atoms with Crippen LogP contribution in [-0.4, -0.2) is 18.1 Å². The summed E-state index contributed by atoms with van der Waals surface area (Å²) in [5, 5.41) is 4.10. The van der Waals surface area contributed by atoms with Gasteiger partial charge in [-0.05, 0) is 30.7 Å². The van der Waals surface area contributed by atoms with Crippen molar-refractivity contribution in [3.05, 3.63) is 64.4 Å². The Hall–Kier alpha value is -1.91. The van der Waals surface area contributed by atoms with Crippen molar-refractivity contribution in [2.75, 3.05) is 7.11 Å². The maximum Gasteiger partial charge on any atom is 0.339 e. The van der Waals surface area contributed by atoms with Crippen molar-refractivity contribution < 1.29 is 9.53 Å².